The van der Waals surface area contributed by atoms with Crippen molar-refractivity contribution in [1.29, 1.82) is 10.5 Å². The molecule has 1 aliphatic carbocycles. The summed E-state index contributed by atoms with van der Waals surface area (Å²) in [6, 6.07) is 5.05. The minimum Gasteiger partial charge on any atom is -0.287 e. The van der Waals surface area contributed by atoms with Gasteiger partial charge in [-0.25, -0.2) is 0 Å². The molecule has 0 radical (unpaired) electrons. The van der Waals surface area contributed by atoms with E-state index in [2.05, 4.69) is 17.0 Å². The number of nitrogens with zero attached hydrogens (tertiary/aromatic N) is 3. The van der Waals surface area contributed by atoms with Crippen LogP contribution in [0.1, 0.15) is 12.8 Å². The summed E-state index contributed by atoms with van der Waals surface area (Å²) in [4.78, 5) is 2.21. The minimum absolute atomic E-state index is 0.268. The Morgan fingerprint density at radius 1 is 1.33 bits per heavy atom. The predicted molar refractivity (Wildman–Crippen MR) is 42.8 cm³/mol. The summed E-state index contributed by atoms with van der Waals surface area (Å²) in [6.07, 6.45) is 2.13. The van der Waals surface area contributed by atoms with Crippen LogP contribution in [-0.4, -0.2) is 24.0 Å². The molecule has 0 aromatic carbocycles. The highest BCUT2D eigenvalue weighted by Gasteiger charge is 2.44. The van der Waals surface area contributed by atoms with Crippen LogP contribution in [0.5, 0.6) is 0 Å². The van der Waals surface area contributed by atoms with Gasteiger partial charge in [-0.15, -0.1) is 0 Å². The van der Waals surface area contributed by atoms with E-state index in [0.717, 1.165) is 19.4 Å². The largest absolute Gasteiger partial charge is 0.287 e. The van der Waals surface area contributed by atoms with Crippen molar-refractivity contribution in [2.45, 2.75) is 18.9 Å². The lowest BCUT2D eigenvalue weighted by molar-refractivity contribution is 0.215. The van der Waals surface area contributed by atoms with Crippen LogP contribution in [0.15, 0.2) is 0 Å². The number of hydrogen-bond acceptors (Lipinski definition) is 3. The Morgan fingerprint density at radius 2 is 2.17 bits per heavy atom. The second-order valence-corrected chi connectivity index (χ2v) is 3.71. The lowest BCUT2D eigenvalue weighted by Crippen LogP contribution is -2.35. The highest BCUT2D eigenvalue weighted by Crippen LogP contribution is 2.41. The topological polar surface area (TPSA) is 50.8 Å². The molecule has 0 amide bonds. The molecular formula is C9H11N3. The highest BCUT2D eigenvalue weighted by atomic mass is 15.2. The van der Waals surface area contributed by atoms with Crippen LogP contribution in [0.2, 0.25) is 0 Å². The van der Waals surface area contributed by atoms with Gasteiger partial charge in [-0.3, -0.25) is 4.90 Å². The van der Waals surface area contributed by atoms with E-state index in [4.69, 9.17) is 10.5 Å². The fourth-order valence-corrected chi connectivity index (χ4v) is 2.49. The van der Waals surface area contributed by atoms with Crippen molar-refractivity contribution in [3.63, 3.8) is 0 Å². The maximum Gasteiger partial charge on any atom is 0.0868 e. The van der Waals surface area contributed by atoms with Crippen LogP contribution in [-0.2, 0) is 0 Å². The Bertz CT molecular complexity index is 260. The fourth-order valence-electron chi connectivity index (χ4n) is 2.49. The molecule has 1 saturated heterocycles. The van der Waals surface area contributed by atoms with E-state index < -0.39 is 0 Å². The highest BCUT2D eigenvalue weighted by molar-refractivity contribution is 5.05. The zero-order valence-corrected chi connectivity index (χ0v) is 6.90. The van der Waals surface area contributed by atoms with Crippen LogP contribution in [0.3, 0.4) is 0 Å². The number of fused-ring (bicyclic) bond motifs is 2. The molecule has 3 nitrogen and oxygen atoms in total. The molecule has 1 saturated carbocycles. The molecule has 3 unspecified atom stereocenters. The maximum absolute atomic E-state index is 8.77. The molecule has 0 aromatic heterocycles. The van der Waals surface area contributed by atoms with E-state index in [0.29, 0.717) is 18.5 Å². The van der Waals surface area contributed by atoms with E-state index in [1.54, 1.807) is 0 Å². The van der Waals surface area contributed by atoms with Gasteiger partial charge in [-0.05, 0) is 18.8 Å². The third-order valence-corrected chi connectivity index (χ3v) is 3.09. The van der Waals surface area contributed by atoms with Crippen LogP contribution in [0.4, 0.5) is 0 Å². The van der Waals surface area contributed by atoms with Gasteiger partial charge in [0.2, 0.25) is 0 Å². The Morgan fingerprint density at radius 3 is 2.67 bits per heavy atom. The summed E-state index contributed by atoms with van der Waals surface area (Å²) >= 11 is 0. The molecule has 2 fully saturated rings. The third-order valence-electron chi connectivity index (χ3n) is 3.09. The Kier molecular flexibility index (Phi) is 1.75. The average Bonchev–Trinajstić information content (AvgIpc) is 2.62. The smallest absolute Gasteiger partial charge is 0.0868 e. The van der Waals surface area contributed by atoms with Gasteiger partial charge in [0.1, 0.15) is 0 Å². The standard InChI is InChI=1S/C9H11N3/c10-1-2-12-6-8-4-9(12)3-7(8)5-11/h7-9H,2-4,6H2. The molecule has 2 bridgehead atoms. The normalized spacial score (nSPS) is 39.3. The SMILES string of the molecule is N#CCN1CC2CC1CC2C#N. The first kappa shape index (κ1) is 7.58. The molecule has 0 spiro atoms. The van der Waals surface area contributed by atoms with Crippen LogP contribution in [0.25, 0.3) is 0 Å². The lowest BCUT2D eigenvalue weighted by atomic mass is 9.96. The Hall–Kier alpha value is -1.06. The van der Waals surface area contributed by atoms with E-state index in [1.165, 1.54) is 0 Å². The van der Waals surface area contributed by atoms with Crippen molar-refractivity contribution in [3.8, 4) is 12.1 Å². The number of nitriles is 2. The molecule has 12 heavy (non-hydrogen) atoms. The maximum atomic E-state index is 8.77. The molecule has 62 valence electrons. The summed E-state index contributed by atoms with van der Waals surface area (Å²) in [5, 5.41) is 17.3. The van der Waals surface area contributed by atoms with Crippen molar-refractivity contribution in [1.82, 2.24) is 4.90 Å². The molecule has 3 heteroatoms. The first-order valence-corrected chi connectivity index (χ1v) is 4.35. The molecule has 3 atom stereocenters. The van der Waals surface area contributed by atoms with Gasteiger partial charge in [-0.1, -0.05) is 0 Å². The van der Waals surface area contributed by atoms with E-state index in [-0.39, 0.29) is 5.92 Å². The zero-order valence-electron chi connectivity index (χ0n) is 6.90. The molecule has 0 N–H and O–H groups in total. The second kappa shape index (κ2) is 2.77. The zero-order chi connectivity index (χ0) is 8.55. The van der Waals surface area contributed by atoms with E-state index in [1.807, 2.05) is 0 Å². The van der Waals surface area contributed by atoms with E-state index in [9.17, 15) is 0 Å². The molecular weight excluding hydrogens is 150 g/mol. The predicted octanol–water partition coefficient (Wildman–Crippen LogP) is 0.744. The fraction of sp³-hybridized carbons (Fsp3) is 0.778. The molecule has 1 aliphatic heterocycles. The second-order valence-electron chi connectivity index (χ2n) is 3.71. The quantitative estimate of drug-likeness (QED) is 0.533. The van der Waals surface area contributed by atoms with Crippen LogP contribution < -0.4 is 0 Å². The first-order chi connectivity index (χ1) is 5.85. The van der Waals surface area contributed by atoms with Gasteiger partial charge < -0.3 is 0 Å². The summed E-state index contributed by atoms with van der Waals surface area (Å²) in [7, 11) is 0. The van der Waals surface area contributed by atoms with Gasteiger partial charge in [-0.2, -0.15) is 10.5 Å². The summed E-state index contributed by atoms with van der Waals surface area (Å²) in [5.41, 5.74) is 0. The first-order valence-electron chi connectivity index (χ1n) is 4.35. The molecule has 2 aliphatic rings. The monoisotopic (exact) mass is 161 g/mol. The van der Waals surface area contributed by atoms with Crippen molar-refractivity contribution in [2.75, 3.05) is 13.1 Å². The third kappa shape index (κ3) is 0.983. The Labute approximate surface area is 72.2 Å². The van der Waals surface area contributed by atoms with Crippen molar-refractivity contribution >= 4 is 0 Å². The number of hydrogen-bond donors (Lipinski definition) is 0. The van der Waals surface area contributed by atoms with Gasteiger partial charge >= 0.3 is 0 Å². The molecule has 2 rings (SSSR count). The van der Waals surface area contributed by atoms with Crippen molar-refractivity contribution in [3.05, 3.63) is 0 Å². The lowest BCUT2D eigenvalue weighted by Gasteiger charge is -2.26. The van der Waals surface area contributed by atoms with Crippen LogP contribution >= 0.6 is 0 Å². The number of piperidine rings is 1. The minimum atomic E-state index is 0.268. The van der Waals surface area contributed by atoms with Crippen LogP contribution in [0, 0.1) is 34.5 Å². The van der Waals surface area contributed by atoms with Crippen molar-refractivity contribution in [2.24, 2.45) is 11.8 Å². The van der Waals surface area contributed by atoms with Crippen molar-refractivity contribution < 1.29 is 0 Å². The summed E-state index contributed by atoms with van der Waals surface area (Å²) < 4.78 is 0. The number of likely N-dealkylation sites (tertiary alicyclic amines) is 1. The number of rotatable bonds is 1. The van der Waals surface area contributed by atoms with Gasteiger partial charge in [0.15, 0.2) is 0 Å². The average molecular weight is 161 g/mol. The molecule has 1 heterocycles. The summed E-state index contributed by atoms with van der Waals surface area (Å²) in [6.45, 7) is 1.51. The van der Waals surface area contributed by atoms with Gasteiger partial charge in [0.05, 0.1) is 24.6 Å². The Balaban J connectivity index is 2.00. The summed E-state index contributed by atoms with van der Waals surface area (Å²) in [5.74, 6) is 0.818. The van der Waals surface area contributed by atoms with E-state index >= 15 is 0 Å². The van der Waals surface area contributed by atoms with Gasteiger partial charge in [0, 0.05) is 12.6 Å². The molecule has 0 aromatic rings. The van der Waals surface area contributed by atoms with Gasteiger partial charge in [0.25, 0.3) is 0 Å².